The number of amides is 1. The van der Waals surface area contributed by atoms with Crippen molar-refractivity contribution in [1.82, 2.24) is 10.2 Å². The lowest BCUT2D eigenvalue weighted by molar-refractivity contribution is 0.102. The van der Waals surface area contributed by atoms with Gasteiger partial charge in [-0.3, -0.25) is 9.89 Å². The van der Waals surface area contributed by atoms with Crippen molar-refractivity contribution in [3.8, 4) is 0 Å². The first kappa shape index (κ1) is 13.9. The van der Waals surface area contributed by atoms with E-state index < -0.39 is 0 Å². The van der Waals surface area contributed by atoms with Crippen LogP contribution in [0.1, 0.15) is 10.5 Å². The summed E-state index contributed by atoms with van der Waals surface area (Å²) in [5, 5.41) is 9.96. The van der Waals surface area contributed by atoms with Gasteiger partial charge in [-0.05, 0) is 50.1 Å². The van der Waals surface area contributed by atoms with Crippen LogP contribution in [-0.4, -0.2) is 16.1 Å². The van der Waals surface area contributed by atoms with Crippen LogP contribution >= 0.6 is 55.1 Å². The zero-order valence-corrected chi connectivity index (χ0v) is 13.3. The fraction of sp³-hybridized carbons (Fsp3) is 0. The highest BCUT2D eigenvalue weighted by Crippen LogP contribution is 2.27. The Morgan fingerprint density at radius 2 is 2.00 bits per heavy atom. The van der Waals surface area contributed by atoms with E-state index in [0.717, 1.165) is 0 Å². The molecule has 0 spiro atoms. The first-order valence-electron chi connectivity index (χ1n) is 4.65. The Kier molecular flexibility index (Phi) is 4.32. The highest BCUT2D eigenvalue weighted by atomic mass is 79.9. The number of aromatic nitrogens is 2. The lowest BCUT2D eigenvalue weighted by atomic mass is 10.3. The van der Waals surface area contributed by atoms with Crippen LogP contribution in [0.4, 0.5) is 5.69 Å². The third-order valence-corrected chi connectivity index (χ3v) is 4.68. The topological polar surface area (TPSA) is 57.8 Å². The zero-order valence-electron chi connectivity index (χ0n) is 8.60. The fourth-order valence-corrected chi connectivity index (χ4v) is 2.15. The smallest absolute Gasteiger partial charge is 0.277 e. The first-order valence-corrected chi connectivity index (χ1v) is 6.99. The van der Waals surface area contributed by atoms with Crippen molar-refractivity contribution in [3.63, 3.8) is 0 Å². The predicted molar refractivity (Wildman–Crippen MR) is 78.4 cm³/mol. The van der Waals surface area contributed by atoms with Crippen molar-refractivity contribution in [1.29, 1.82) is 0 Å². The van der Waals surface area contributed by atoms with E-state index in [0.29, 0.717) is 24.8 Å². The van der Waals surface area contributed by atoms with Crippen LogP contribution in [0.5, 0.6) is 0 Å². The minimum absolute atomic E-state index is 0.243. The van der Waals surface area contributed by atoms with Crippen LogP contribution in [0.3, 0.4) is 0 Å². The van der Waals surface area contributed by atoms with Gasteiger partial charge < -0.3 is 5.32 Å². The normalized spacial score (nSPS) is 10.4. The Labute approximate surface area is 129 Å². The summed E-state index contributed by atoms with van der Waals surface area (Å²) >= 11 is 18.1. The molecule has 0 saturated heterocycles. The second kappa shape index (κ2) is 5.61. The van der Waals surface area contributed by atoms with Crippen LogP contribution in [0.25, 0.3) is 0 Å². The number of hydrogen-bond donors (Lipinski definition) is 2. The van der Waals surface area contributed by atoms with Gasteiger partial charge in [-0.2, -0.15) is 5.10 Å². The highest BCUT2D eigenvalue weighted by Gasteiger charge is 2.16. The maximum absolute atomic E-state index is 11.9. The molecule has 1 aromatic carbocycles. The molecule has 0 aliphatic heterocycles. The molecule has 0 aliphatic carbocycles. The Hall–Kier alpha value is -0.560. The number of rotatable bonds is 2. The Balaban J connectivity index is 2.21. The number of hydrogen-bond acceptors (Lipinski definition) is 2. The maximum Gasteiger partial charge on any atom is 0.277 e. The molecule has 0 aliphatic rings. The molecule has 1 heterocycles. The van der Waals surface area contributed by atoms with Crippen molar-refractivity contribution in [2.24, 2.45) is 0 Å². The Morgan fingerprint density at radius 1 is 1.28 bits per heavy atom. The van der Waals surface area contributed by atoms with E-state index in [2.05, 4.69) is 47.4 Å². The number of carbonyl (C=O) groups excluding carboxylic acids is 1. The number of aromatic amines is 1. The van der Waals surface area contributed by atoms with Gasteiger partial charge >= 0.3 is 0 Å². The molecule has 2 N–H and O–H groups in total. The molecule has 0 saturated carbocycles. The van der Waals surface area contributed by atoms with Gasteiger partial charge in [-0.1, -0.05) is 23.2 Å². The van der Waals surface area contributed by atoms with E-state index in [-0.39, 0.29) is 11.6 Å². The maximum atomic E-state index is 11.9. The summed E-state index contributed by atoms with van der Waals surface area (Å²) in [7, 11) is 0. The number of anilines is 1. The Bertz CT molecular complexity index is 615. The molecule has 4 nitrogen and oxygen atoms in total. The summed E-state index contributed by atoms with van der Waals surface area (Å²) in [6.45, 7) is 0. The van der Waals surface area contributed by atoms with Gasteiger partial charge in [0.25, 0.3) is 5.91 Å². The van der Waals surface area contributed by atoms with Crippen LogP contribution in [0.2, 0.25) is 10.0 Å². The van der Waals surface area contributed by atoms with E-state index in [4.69, 9.17) is 23.2 Å². The average Bonchev–Trinajstić information content (AvgIpc) is 2.65. The summed E-state index contributed by atoms with van der Waals surface area (Å²) in [6.07, 6.45) is 0. The first-order chi connectivity index (χ1) is 8.49. The van der Waals surface area contributed by atoms with Crippen molar-refractivity contribution >= 4 is 66.7 Å². The van der Waals surface area contributed by atoms with E-state index >= 15 is 0 Å². The second-order valence-electron chi connectivity index (χ2n) is 3.28. The molecule has 94 valence electrons. The molecule has 1 aromatic heterocycles. The number of benzene rings is 1. The minimum Gasteiger partial charge on any atom is -0.321 e. The number of nitrogens with zero attached hydrogens (tertiary/aromatic N) is 1. The number of halogens is 4. The van der Waals surface area contributed by atoms with E-state index in [1.165, 1.54) is 0 Å². The van der Waals surface area contributed by atoms with Crippen LogP contribution < -0.4 is 5.32 Å². The molecule has 8 heteroatoms. The van der Waals surface area contributed by atoms with E-state index in [9.17, 15) is 4.79 Å². The Morgan fingerprint density at radius 3 is 2.56 bits per heavy atom. The van der Waals surface area contributed by atoms with Gasteiger partial charge in [0.15, 0.2) is 5.69 Å². The number of carbonyl (C=O) groups is 1. The van der Waals surface area contributed by atoms with E-state index in [1.807, 2.05) is 0 Å². The average molecular weight is 414 g/mol. The number of nitrogens with one attached hydrogen (secondary N) is 2. The van der Waals surface area contributed by atoms with Crippen molar-refractivity contribution in [2.45, 2.75) is 0 Å². The fourth-order valence-electron chi connectivity index (χ4n) is 1.22. The van der Waals surface area contributed by atoms with Crippen molar-refractivity contribution in [3.05, 3.63) is 43.0 Å². The molecule has 0 atom stereocenters. The molecule has 2 aromatic rings. The van der Waals surface area contributed by atoms with Crippen molar-refractivity contribution < 1.29 is 4.79 Å². The lowest BCUT2D eigenvalue weighted by Crippen LogP contribution is -2.13. The highest BCUT2D eigenvalue weighted by molar-refractivity contribution is 9.13. The summed E-state index contributed by atoms with van der Waals surface area (Å²) in [6, 6.07) is 4.83. The van der Waals surface area contributed by atoms with Crippen LogP contribution in [0, 0.1) is 0 Å². The third-order valence-electron chi connectivity index (χ3n) is 2.06. The third kappa shape index (κ3) is 2.88. The zero-order chi connectivity index (χ0) is 13.3. The van der Waals surface area contributed by atoms with Gasteiger partial charge in [0, 0.05) is 5.69 Å². The van der Waals surface area contributed by atoms with Crippen LogP contribution in [0.15, 0.2) is 27.3 Å². The molecular formula is C10H5Br2Cl2N3O. The molecule has 18 heavy (non-hydrogen) atoms. The molecule has 0 bridgehead atoms. The van der Waals surface area contributed by atoms with E-state index in [1.54, 1.807) is 18.2 Å². The van der Waals surface area contributed by atoms with Crippen LogP contribution in [-0.2, 0) is 0 Å². The summed E-state index contributed by atoms with van der Waals surface area (Å²) in [5.41, 5.74) is 0.786. The van der Waals surface area contributed by atoms with Gasteiger partial charge in [0.2, 0.25) is 0 Å². The minimum atomic E-state index is -0.359. The summed E-state index contributed by atoms with van der Waals surface area (Å²) < 4.78 is 1.15. The van der Waals surface area contributed by atoms with Gasteiger partial charge in [0.1, 0.15) is 4.60 Å². The second-order valence-corrected chi connectivity index (χ2v) is 5.68. The predicted octanol–water partition coefficient (Wildman–Crippen LogP) is 4.49. The standard InChI is InChI=1S/C10H5Br2Cl2N3O/c11-7-8(16-17-9(7)12)10(18)15-4-1-2-5(13)6(14)3-4/h1-3H,(H,15,18)(H,16,17). The molecule has 0 unspecified atom stereocenters. The SMILES string of the molecule is O=C(Nc1ccc(Cl)c(Cl)c1)c1n[nH]c(Br)c1Br. The van der Waals surface area contributed by atoms with Gasteiger partial charge in [-0.15, -0.1) is 0 Å². The summed E-state index contributed by atoms with van der Waals surface area (Å²) in [5.74, 6) is -0.359. The molecule has 2 rings (SSSR count). The largest absolute Gasteiger partial charge is 0.321 e. The summed E-state index contributed by atoms with van der Waals surface area (Å²) in [4.78, 5) is 11.9. The van der Waals surface area contributed by atoms with Gasteiger partial charge in [0.05, 0.1) is 14.5 Å². The molecule has 0 radical (unpaired) electrons. The molecular weight excluding hydrogens is 409 g/mol. The van der Waals surface area contributed by atoms with Crippen molar-refractivity contribution in [2.75, 3.05) is 5.32 Å². The molecule has 0 fully saturated rings. The monoisotopic (exact) mass is 411 g/mol. The molecule has 1 amide bonds. The quantitative estimate of drug-likeness (QED) is 0.761. The number of H-pyrrole nitrogens is 1. The van der Waals surface area contributed by atoms with Gasteiger partial charge in [-0.25, -0.2) is 0 Å². The lowest BCUT2D eigenvalue weighted by Gasteiger charge is -2.04.